The van der Waals surface area contributed by atoms with Crippen molar-refractivity contribution in [1.29, 1.82) is 0 Å². The number of imide groups is 1. The van der Waals surface area contributed by atoms with Crippen LogP contribution in [0.4, 0.5) is 0 Å². The molecule has 3 amide bonds. The summed E-state index contributed by atoms with van der Waals surface area (Å²) >= 11 is 0. The molecule has 2 fully saturated rings. The number of nitrogens with zero attached hydrogens (tertiary/aromatic N) is 2. The molecule has 194 valence electrons. The number of rotatable bonds is 7. The van der Waals surface area contributed by atoms with Crippen LogP contribution in [-0.2, 0) is 33.1 Å². The van der Waals surface area contributed by atoms with E-state index < -0.39 is 11.9 Å². The number of amides is 3. The third-order valence-corrected chi connectivity index (χ3v) is 8.34. The Morgan fingerprint density at radius 2 is 1.86 bits per heavy atom. The van der Waals surface area contributed by atoms with Gasteiger partial charge in [0, 0.05) is 30.6 Å². The van der Waals surface area contributed by atoms with Crippen molar-refractivity contribution >= 4 is 17.7 Å². The molecular weight excluding hydrogens is 470 g/mol. The Morgan fingerprint density at radius 3 is 2.70 bits per heavy atom. The van der Waals surface area contributed by atoms with Gasteiger partial charge in [-0.3, -0.25) is 19.7 Å². The first-order valence-electron chi connectivity index (χ1n) is 13.4. The molecule has 37 heavy (non-hydrogen) atoms. The van der Waals surface area contributed by atoms with Gasteiger partial charge in [0.15, 0.2) is 0 Å². The van der Waals surface area contributed by atoms with Crippen molar-refractivity contribution in [1.82, 2.24) is 15.1 Å². The minimum Gasteiger partial charge on any atom is -0.493 e. The maximum atomic E-state index is 13.0. The van der Waals surface area contributed by atoms with Crippen molar-refractivity contribution in [3.05, 3.63) is 64.7 Å². The Hall–Kier alpha value is -3.23. The second-order valence-corrected chi connectivity index (χ2v) is 10.5. The smallest absolute Gasteiger partial charge is 0.255 e. The number of ether oxygens (including phenoxy) is 2. The van der Waals surface area contributed by atoms with Crippen molar-refractivity contribution in [3.63, 3.8) is 0 Å². The summed E-state index contributed by atoms with van der Waals surface area (Å²) in [7, 11) is 0. The number of fused-ring (bicyclic) bond motifs is 3. The fourth-order valence-corrected chi connectivity index (χ4v) is 6.25. The number of likely N-dealkylation sites (tertiary alicyclic amines) is 1. The largest absolute Gasteiger partial charge is 0.493 e. The molecule has 0 bridgehead atoms. The van der Waals surface area contributed by atoms with E-state index in [-0.39, 0.29) is 23.8 Å². The molecule has 0 radical (unpaired) electrons. The number of piperidine rings is 2. The fourth-order valence-electron chi connectivity index (χ4n) is 6.25. The van der Waals surface area contributed by atoms with E-state index >= 15 is 0 Å². The predicted octanol–water partition coefficient (Wildman–Crippen LogP) is 3.13. The third kappa shape index (κ3) is 4.53. The van der Waals surface area contributed by atoms with E-state index in [0.717, 1.165) is 57.5 Å². The first kappa shape index (κ1) is 24.1. The van der Waals surface area contributed by atoms with Gasteiger partial charge in [0.05, 0.1) is 25.4 Å². The zero-order chi connectivity index (χ0) is 25.4. The van der Waals surface area contributed by atoms with Crippen molar-refractivity contribution in [2.24, 2.45) is 0 Å². The lowest BCUT2D eigenvalue weighted by Gasteiger charge is -2.39. The van der Waals surface area contributed by atoms with E-state index in [9.17, 15) is 14.4 Å². The van der Waals surface area contributed by atoms with E-state index in [4.69, 9.17) is 9.47 Å². The van der Waals surface area contributed by atoms with Crippen molar-refractivity contribution in [2.45, 2.75) is 63.3 Å². The molecule has 2 aromatic rings. The summed E-state index contributed by atoms with van der Waals surface area (Å²) in [6.07, 6.45) is 4.65. The second kappa shape index (κ2) is 9.91. The molecule has 6 rings (SSSR count). The van der Waals surface area contributed by atoms with Crippen LogP contribution in [0.1, 0.15) is 65.6 Å². The van der Waals surface area contributed by atoms with Crippen LogP contribution in [0.3, 0.4) is 0 Å². The quantitative estimate of drug-likeness (QED) is 0.462. The lowest BCUT2D eigenvalue weighted by atomic mass is 9.84. The van der Waals surface area contributed by atoms with Gasteiger partial charge in [0.2, 0.25) is 11.8 Å². The van der Waals surface area contributed by atoms with E-state index in [1.54, 1.807) is 11.0 Å². The van der Waals surface area contributed by atoms with Crippen molar-refractivity contribution in [2.75, 3.05) is 26.2 Å². The van der Waals surface area contributed by atoms with Gasteiger partial charge in [-0.15, -0.1) is 0 Å². The van der Waals surface area contributed by atoms with Crippen LogP contribution in [-0.4, -0.2) is 59.8 Å². The minimum absolute atomic E-state index is 0.0942. The number of hydrogen-bond acceptors (Lipinski definition) is 6. The SMILES string of the molecule is O=C1CCC(N2Cc3c(OCCCCN4CCC5(CC4)OCc4ccccc45)cccc3C2=O)C(=O)N1. The van der Waals surface area contributed by atoms with Crippen molar-refractivity contribution in [3.8, 4) is 5.75 Å². The molecule has 1 atom stereocenters. The molecule has 4 aliphatic rings. The van der Waals surface area contributed by atoms with Crippen LogP contribution in [0.2, 0.25) is 0 Å². The highest BCUT2D eigenvalue weighted by molar-refractivity contribution is 6.05. The molecule has 8 nitrogen and oxygen atoms in total. The van der Waals surface area contributed by atoms with Gasteiger partial charge in [-0.1, -0.05) is 30.3 Å². The van der Waals surface area contributed by atoms with Crippen LogP contribution in [0, 0.1) is 0 Å². The Labute approximate surface area is 216 Å². The van der Waals surface area contributed by atoms with Gasteiger partial charge in [0.1, 0.15) is 11.8 Å². The molecule has 2 aromatic carbocycles. The molecule has 1 spiro atoms. The van der Waals surface area contributed by atoms with Crippen LogP contribution in [0.5, 0.6) is 5.75 Å². The third-order valence-electron chi connectivity index (χ3n) is 8.34. The summed E-state index contributed by atoms with van der Waals surface area (Å²) in [5.74, 6) is -0.146. The van der Waals surface area contributed by atoms with Crippen LogP contribution >= 0.6 is 0 Å². The molecule has 1 N–H and O–H groups in total. The molecule has 0 aliphatic carbocycles. The molecule has 4 heterocycles. The summed E-state index contributed by atoms with van der Waals surface area (Å²) in [6, 6.07) is 13.5. The second-order valence-electron chi connectivity index (χ2n) is 10.5. The zero-order valence-electron chi connectivity index (χ0n) is 21.0. The molecule has 2 saturated heterocycles. The summed E-state index contributed by atoms with van der Waals surface area (Å²) in [5.41, 5.74) is 4.04. The van der Waals surface area contributed by atoms with Crippen molar-refractivity contribution < 1.29 is 23.9 Å². The number of unbranched alkanes of at least 4 members (excludes halogenated alkanes) is 1. The van der Waals surface area contributed by atoms with Gasteiger partial charge in [-0.25, -0.2) is 0 Å². The van der Waals surface area contributed by atoms with Crippen LogP contribution in [0.15, 0.2) is 42.5 Å². The zero-order valence-corrected chi connectivity index (χ0v) is 21.0. The average molecular weight is 504 g/mol. The molecule has 4 aliphatic heterocycles. The highest BCUT2D eigenvalue weighted by Gasteiger charge is 2.42. The monoisotopic (exact) mass is 503 g/mol. The molecule has 0 aromatic heterocycles. The van der Waals surface area contributed by atoms with E-state index in [1.807, 2.05) is 12.1 Å². The number of benzene rings is 2. The van der Waals surface area contributed by atoms with E-state index in [0.29, 0.717) is 30.9 Å². The topological polar surface area (TPSA) is 88.2 Å². The van der Waals surface area contributed by atoms with Gasteiger partial charge in [-0.05, 0) is 61.9 Å². The molecule has 8 heteroatoms. The molecular formula is C29H33N3O5. The number of hydrogen-bond donors (Lipinski definition) is 1. The van der Waals surface area contributed by atoms with Gasteiger partial charge < -0.3 is 19.3 Å². The lowest BCUT2D eigenvalue weighted by Crippen LogP contribution is -2.52. The number of nitrogens with one attached hydrogen (secondary N) is 1. The normalized spacial score (nSPS) is 22.8. The summed E-state index contributed by atoms with van der Waals surface area (Å²) < 4.78 is 12.4. The lowest BCUT2D eigenvalue weighted by molar-refractivity contribution is -0.136. The summed E-state index contributed by atoms with van der Waals surface area (Å²) in [6.45, 7) is 4.76. The maximum absolute atomic E-state index is 13.0. The first-order valence-corrected chi connectivity index (χ1v) is 13.4. The molecule has 0 saturated carbocycles. The number of carbonyl (C=O) groups is 3. The Bertz CT molecular complexity index is 1220. The van der Waals surface area contributed by atoms with Gasteiger partial charge in [-0.2, -0.15) is 0 Å². The van der Waals surface area contributed by atoms with Gasteiger partial charge in [0.25, 0.3) is 5.91 Å². The molecule has 1 unspecified atom stereocenters. The Morgan fingerprint density at radius 1 is 1.03 bits per heavy atom. The predicted molar refractivity (Wildman–Crippen MR) is 136 cm³/mol. The van der Waals surface area contributed by atoms with E-state index in [1.165, 1.54) is 11.1 Å². The van der Waals surface area contributed by atoms with Crippen LogP contribution in [0.25, 0.3) is 0 Å². The minimum atomic E-state index is -0.614. The standard InChI is InChI=1S/C29H33N3O5/c33-26-11-10-24(27(34)30-26)32-18-22-21(28(32)35)7-5-9-25(22)36-17-4-3-14-31-15-12-29(13-16-31)23-8-2-1-6-20(23)19-37-29/h1-2,5-9,24H,3-4,10-19H2,(H,30,33,34). The summed E-state index contributed by atoms with van der Waals surface area (Å²) in [5, 5.41) is 2.35. The Balaban J connectivity index is 0.973. The Kier molecular flexibility index (Phi) is 6.46. The highest BCUT2D eigenvalue weighted by Crippen LogP contribution is 2.44. The highest BCUT2D eigenvalue weighted by atomic mass is 16.5. The van der Waals surface area contributed by atoms with Gasteiger partial charge >= 0.3 is 0 Å². The first-order chi connectivity index (χ1) is 18.0. The fraction of sp³-hybridized carbons (Fsp3) is 0.483. The maximum Gasteiger partial charge on any atom is 0.255 e. The van der Waals surface area contributed by atoms with Crippen LogP contribution < -0.4 is 10.1 Å². The number of carbonyl (C=O) groups excluding carboxylic acids is 3. The van der Waals surface area contributed by atoms with E-state index in [2.05, 4.69) is 34.5 Å². The summed E-state index contributed by atoms with van der Waals surface area (Å²) in [4.78, 5) is 40.9. The average Bonchev–Trinajstić information content (AvgIpc) is 3.44.